The summed E-state index contributed by atoms with van der Waals surface area (Å²) < 4.78 is 0. The lowest BCUT2D eigenvalue weighted by atomic mass is 9.87. The SMILES string of the molecule is CN1C[C@@H]2[C@H](C1)[C@H](CO)N(C(C)(C)C)[C@@H]2c1ccccc1. The summed E-state index contributed by atoms with van der Waals surface area (Å²) in [6, 6.07) is 11.5. The number of benzene rings is 1. The van der Waals surface area contributed by atoms with Crippen molar-refractivity contribution in [2.45, 2.75) is 38.4 Å². The standard InChI is InChI=1S/C18H28N2O/c1-18(2,3)20-16(12-21)14-10-19(4)11-15(14)17(20)13-8-6-5-7-9-13/h5-9,14-17,21H,10-12H2,1-4H3/t14-,15+,16-,17+/m0/s1. The second-order valence-corrected chi connectivity index (χ2v) is 7.73. The van der Waals surface area contributed by atoms with Crippen molar-refractivity contribution in [1.82, 2.24) is 9.80 Å². The number of aliphatic hydroxyl groups excluding tert-OH is 1. The third-order valence-corrected chi connectivity index (χ3v) is 5.25. The lowest BCUT2D eigenvalue weighted by Crippen LogP contribution is -2.50. The van der Waals surface area contributed by atoms with E-state index in [2.05, 4.69) is 68.0 Å². The highest BCUT2D eigenvalue weighted by atomic mass is 16.3. The minimum absolute atomic E-state index is 0.0663. The molecule has 1 aromatic carbocycles. The minimum Gasteiger partial charge on any atom is -0.395 e. The Morgan fingerprint density at radius 3 is 2.29 bits per heavy atom. The average Bonchev–Trinajstić information content (AvgIpc) is 2.93. The van der Waals surface area contributed by atoms with E-state index in [1.54, 1.807) is 0 Å². The number of hydrogen-bond donors (Lipinski definition) is 1. The Morgan fingerprint density at radius 2 is 1.71 bits per heavy atom. The van der Waals surface area contributed by atoms with Gasteiger partial charge in [0.25, 0.3) is 0 Å². The van der Waals surface area contributed by atoms with Gasteiger partial charge in [0.2, 0.25) is 0 Å². The van der Waals surface area contributed by atoms with Gasteiger partial charge in [-0.2, -0.15) is 0 Å². The predicted octanol–water partition coefficient (Wildman–Crippen LogP) is 2.38. The Hall–Kier alpha value is -0.900. The van der Waals surface area contributed by atoms with Gasteiger partial charge >= 0.3 is 0 Å². The first-order chi connectivity index (χ1) is 9.93. The zero-order valence-electron chi connectivity index (χ0n) is 13.7. The van der Waals surface area contributed by atoms with Gasteiger partial charge in [-0.05, 0) is 45.2 Å². The van der Waals surface area contributed by atoms with E-state index in [9.17, 15) is 5.11 Å². The fourth-order valence-corrected chi connectivity index (χ4v) is 4.62. The Balaban J connectivity index is 2.04. The molecule has 0 bridgehead atoms. The molecule has 1 aromatic rings. The van der Waals surface area contributed by atoms with Gasteiger partial charge in [0, 0.05) is 30.7 Å². The van der Waals surface area contributed by atoms with Crippen LogP contribution < -0.4 is 0 Å². The quantitative estimate of drug-likeness (QED) is 0.905. The highest BCUT2D eigenvalue weighted by Crippen LogP contribution is 2.50. The Kier molecular flexibility index (Phi) is 3.85. The fourth-order valence-electron chi connectivity index (χ4n) is 4.62. The van der Waals surface area contributed by atoms with E-state index in [0.29, 0.717) is 17.9 Å². The van der Waals surface area contributed by atoms with Crippen LogP contribution in [0.25, 0.3) is 0 Å². The molecular weight excluding hydrogens is 260 g/mol. The highest BCUT2D eigenvalue weighted by molar-refractivity contribution is 5.25. The van der Waals surface area contributed by atoms with Crippen LogP contribution in [0, 0.1) is 11.8 Å². The third-order valence-electron chi connectivity index (χ3n) is 5.25. The summed E-state index contributed by atoms with van der Waals surface area (Å²) in [5.74, 6) is 1.19. The van der Waals surface area contributed by atoms with E-state index >= 15 is 0 Å². The first kappa shape index (κ1) is 15.0. The summed E-state index contributed by atoms with van der Waals surface area (Å²) in [6.45, 7) is 9.32. The molecule has 0 aromatic heterocycles. The summed E-state index contributed by atoms with van der Waals surface area (Å²) in [6.07, 6.45) is 0. The molecule has 0 amide bonds. The van der Waals surface area contributed by atoms with Crippen LogP contribution in [-0.4, -0.2) is 53.2 Å². The second kappa shape index (κ2) is 5.38. The van der Waals surface area contributed by atoms with Crippen molar-refractivity contribution < 1.29 is 5.11 Å². The van der Waals surface area contributed by atoms with Crippen molar-refractivity contribution in [1.29, 1.82) is 0 Å². The van der Waals surface area contributed by atoms with Crippen LogP contribution >= 0.6 is 0 Å². The average molecular weight is 288 g/mol. The monoisotopic (exact) mass is 288 g/mol. The normalized spacial score (nSPS) is 34.3. The Bertz CT molecular complexity index is 482. The van der Waals surface area contributed by atoms with Gasteiger partial charge in [0.15, 0.2) is 0 Å². The van der Waals surface area contributed by atoms with Crippen LogP contribution in [0.2, 0.25) is 0 Å². The highest BCUT2D eigenvalue weighted by Gasteiger charge is 2.54. The topological polar surface area (TPSA) is 26.7 Å². The largest absolute Gasteiger partial charge is 0.395 e. The van der Waals surface area contributed by atoms with Crippen molar-refractivity contribution in [2.75, 3.05) is 26.7 Å². The number of rotatable bonds is 2. The molecule has 2 saturated heterocycles. The van der Waals surface area contributed by atoms with Crippen LogP contribution in [0.5, 0.6) is 0 Å². The molecule has 0 saturated carbocycles. The van der Waals surface area contributed by atoms with Gasteiger partial charge in [-0.15, -0.1) is 0 Å². The van der Waals surface area contributed by atoms with Crippen molar-refractivity contribution in [2.24, 2.45) is 11.8 Å². The summed E-state index contributed by atoms with van der Waals surface area (Å²) in [4.78, 5) is 5.00. The van der Waals surface area contributed by atoms with Crippen LogP contribution in [0.1, 0.15) is 32.4 Å². The maximum absolute atomic E-state index is 10.0. The molecule has 0 spiro atoms. The molecule has 2 aliphatic rings. The van der Waals surface area contributed by atoms with Crippen molar-refractivity contribution in [3.63, 3.8) is 0 Å². The summed E-state index contributed by atoms with van der Waals surface area (Å²) >= 11 is 0. The van der Waals surface area contributed by atoms with Gasteiger partial charge in [-0.25, -0.2) is 0 Å². The van der Waals surface area contributed by atoms with Crippen LogP contribution in [0.15, 0.2) is 30.3 Å². The summed E-state index contributed by atoms with van der Waals surface area (Å²) in [7, 11) is 2.20. The van der Waals surface area contributed by atoms with E-state index in [1.165, 1.54) is 5.56 Å². The van der Waals surface area contributed by atoms with E-state index in [0.717, 1.165) is 13.1 Å². The molecule has 116 valence electrons. The number of likely N-dealkylation sites (tertiary alicyclic amines) is 2. The molecule has 0 aliphatic carbocycles. The number of nitrogens with zero attached hydrogens (tertiary/aromatic N) is 2. The first-order valence-corrected chi connectivity index (χ1v) is 8.06. The Morgan fingerprint density at radius 1 is 1.10 bits per heavy atom. The van der Waals surface area contributed by atoms with Crippen LogP contribution in [0.3, 0.4) is 0 Å². The van der Waals surface area contributed by atoms with Gasteiger partial charge in [0.05, 0.1) is 6.61 Å². The zero-order valence-corrected chi connectivity index (χ0v) is 13.7. The maximum atomic E-state index is 10.0. The second-order valence-electron chi connectivity index (χ2n) is 7.73. The minimum atomic E-state index is 0.0663. The molecule has 2 fully saturated rings. The molecule has 3 heteroatoms. The lowest BCUT2D eigenvalue weighted by Gasteiger charge is -2.43. The molecule has 3 rings (SSSR count). The van der Waals surface area contributed by atoms with Gasteiger partial charge in [-0.1, -0.05) is 30.3 Å². The zero-order chi connectivity index (χ0) is 15.2. The number of fused-ring (bicyclic) bond motifs is 1. The van der Waals surface area contributed by atoms with Gasteiger partial charge < -0.3 is 10.0 Å². The van der Waals surface area contributed by atoms with E-state index in [4.69, 9.17) is 0 Å². The smallest absolute Gasteiger partial charge is 0.0590 e. The van der Waals surface area contributed by atoms with Crippen molar-refractivity contribution >= 4 is 0 Å². The first-order valence-electron chi connectivity index (χ1n) is 8.06. The number of aliphatic hydroxyl groups is 1. The van der Waals surface area contributed by atoms with E-state index in [1.807, 2.05) is 0 Å². The lowest BCUT2D eigenvalue weighted by molar-refractivity contribution is 0.0260. The third kappa shape index (κ3) is 2.52. The molecule has 0 unspecified atom stereocenters. The maximum Gasteiger partial charge on any atom is 0.0590 e. The molecule has 4 atom stereocenters. The van der Waals surface area contributed by atoms with E-state index < -0.39 is 0 Å². The van der Waals surface area contributed by atoms with Crippen molar-refractivity contribution in [3.8, 4) is 0 Å². The predicted molar refractivity (Wildman–Crippen MR) is 86.1 cm³/mol. The molecular formula is C18H28N2O. The molecule has 0 radical (unpaired) electrons. The summed E-state index contributed by atoms with van der Waals surface area (Å²) in [5.41, 5.74) is 1.46. The molecule has 3 nitrogen and oxygen atoms in total. The molecule has 2 aliphatic heterocycles. The van der Waals surface area contributed by atoms with Gasteiger partial charge in [-0.3, -0.25) is 4.90 Å². The van der Waals surface area contributed by atoms with Crippen LogP contribution in [-0.2, 0) is 0 Å². The van der Waals surface area contributed by atoms with E-state index in [-0.39, 0.29) is 18.2 Å². The fraction of sp³-hybridized carbons (Fsp3) is 0.667. The Labute approximate surface area is 128 Å². The van der Waals surface area contributed by atoms with Gasteiger partial charge in [0.1, 0.15) is 0 Å². The number of hydrogen-bond acceptors (Lipinski definition) is 3. The summed E-state index contributed by atoms with van der Waals surface area (Å²) in [5, 5.41) is 10.0. The van der Waals surface area contributed by atoms with Crippen molar-refractivity contribution in [3.05, 3.63) is 35.9 Å². The molecule has 1 N–H and O–H groups in total. The molecule has 2 heterocycles. The molecule has 21 heavy (non-hydrogen) atoms. The van der Waals surface area contributed by atoms with Crippen LogP contribution in [0.4, 0.5) is 0 Å².